The fraction of sp³-hybridized carbons (Fsp3) is 0.286. The first-order valence-corrected chi connectivity index (χ1v) is 12.8. The second kappa shape index (κ2) is 10.5. The zero-order valence-corrected chi connectivity index (χ0v) is 21.2. The summed E-state index contributed by atoms with van der Waals surface area (Å²) >= 11 is 0. The number of hydrogen-bond acceptors (Lipinski definition) is 8. The molecule has 10 nitrogen and oxygen atoms in total. The zero-order valence-electron chi connectivity index (χ0n) is 21.2. The highest BCUT2D eigenvalue weighted by Gasteiger charge is 2.13. The van der Waals surface area contributed by atoms with E-state index in [1.807, 2.05) is 60.7 Å². The van der Waals surface area contributed by atoms with Gasteiger partial charge in [0.1, 0.15) is 11.5 Å². The fourth-order valence-corrected chi connectivity index (χ4v) is 4.64. The molecule has 1 aliphatic rings. The average Bonchev–Trinajstić information content (AvgIpc) is 3.72. The molecule has 1 saturated heterocycles. The van der Waals surface area contributed by atoms with Gasteiger partial charge < -0.3 is 9.32 Å². The summed E-state index contributed by atoms with van der Waals surface area (Å²) in [5.74, 6) is 1.68. The highest BCUT2D eigenvalue weighted by atomic mass is 16.4. The molecule has 0 amide bonds. The molecule has 38 heavy (non-hydrogen) atoms. The van der Waals surface area contributed by atoms with Crippen LogP contribution in [0.2, 0.25) is 0 Å². The van der Waals surface area contributed by atoms with E-state index in [1.165, 1.54) is 36.7 Å². The molecular formula is C28H28N8O2. The van der Waals surface area contributed by atoms with Crippen LogP contribution in [0.3, 0.4) is 0 Å². The van der Waals surface area contributed by atoms with E-state index in [2.05, 4.69) is 30.0 Å². The summed E-state index contributed by atoms with van der Waals surface area (Å²) in [6.45, 7) is 6.40. The van der Waals surface area contributed by atoms with E-state index in [0.717, 1.165) is 35.3 Å². The van der Waals surface area contributed by atoms with Crippen molar-refractivity contribution in [2.75, 3.05) is 19.6 Å². The van der Waals surface area contributed by atoms with Gasteiger partial charge in [0.25, 0.3) is 5.56 Å². The average molecular weight is 509 g/mol. The van der Waals surface area contributed by atoms with Gasteiger partial charge in [-0.2, -0.15) is 10.2 Å². The van der Waals surface area contributed by atoms with Gasteiger partial charge in [0.2, 0.25) is 5.89 Å². The quantitative estimate of drug-likeness (QED) is 0.312. The van der Waals surface area contributed by atoms with Crippen molar-refractivity contribution in [1.82, 2.24) is 39.4 Å². The number of nitrogens with zero attached hydrogens (tertiary/aromatic N) is 8. The van der Waals surface area contributed by atoms with Gasteiger partial charge >= 0.3 is 0 Å². The molecule has 0 N–H and O–H groups in total. The minimum atomic E-state index is -0.205. The van der Waals surface area contributed by atoms with Crippen molar-refractivity contribution in [2.45, 2.75) is 32.9 Å². The Morgan fingerprint density at radius 1 is 0.895 bits per heavy atom. The van der Waals surface area contributed by atoms with E-state index in [4.69, 9.17) is 4.42 Å². The topological polar surface area (TPSA) is 108 Å². The molecule has 0 saturated carbocycles. The van der Waals surface area contributed by atoms with Gasteiger partial charge in [-0.15, -0.1) is 0 Å². The summed E-state index contributed by atoms with van der Waals surface area (Å²) in [7, 11) is 0. The molecular weight excluding hydrogens is 480 g/mol. The third-order valence-corrected chi connectivity index (χ3v) is 6.69. The Labute approximate surface area is 219 Å². The molecule has 5 heterocycles. The van der Waals surface area contributed by atoms with Crippen LogP contribution in [0, 0.1) is 6.92 Å². The zero-order chi connectivity index (χ0) is 25.9. The Morgan fingerprint density at radius 3 is 2.53 bits per heavy atom. The standard InChI is InChI=1S/C28H28N8O2/c1-20-14-31-28(38-20)25-7-8-26(37)36(33-25)18-21-5-4-6-22(13-21)27-29-15-23(16-30-27)24-17-32-35(19-24)12-11-34-9-2-3-10-34/h4-8,13-17,19H,2-3,9-12,18H2,1H3. The third-order valence-electron chi connectivity index (χ3n) is 6.69. The lowest BCUT2D eigenvalue weighted by atomic mass is 10.1. The van der Waals surface area contributed by atoms with Crippen molar-refractivity contribution in [3.05, 3.63) is 89.1 Å². The molecule has 10 heteroatoms. The lowest BCUT2D eigenvalue weighted by molar-refractivity contribution is 0.316. The molecule has 0 aliphatic carbocycles. The molecule has 0 spiro atoms. The highest BCUT2D eigenvalue weighted by Crippen LogP contribution is 2.21. The Hall–Kier alpha value is -4.44. The highest BCUT2D eigenvalue weighted by molar-refractivity contribution is 5.62. The maximum Gasteiger partial charge on any atom is 0.267 e. The first kappa shape index (κ1) is 23.9. The number of likely N-dealkylation sites (tertiary alicyclic amines) is 1. The Bertz CT molecular complexity index is 1600. The minimum Gasteiger partial charge on any atom is -0.440 e. The van der Waals surface area contributed by atoms with E-state index in [1.54, 1.807) is 12.3 Å². The van der Waals surface area contributed by atoms with E-state index < -0.39 is 0 Å². The summed E-state index contributed by atoms with van der Waals surface area (Å²) in [5, 5.41) is 8.95. The monoisotopic (exact) mass is 508 g/mol. The first-order chi connectivity index (χ1) is 18.6. The van der Waals surface area contributed by atoms with E-state index in [-0.39, 0.29) is 5.56 Å². The van der Waals surface area contributed by atoms with Gasteiger partial charge in [0, 0.05) is 47.9 Å². The molecule has 192 valence electrons. The Kier molecular flexibility index (Phi) is 6.62. The van der Waals surface area contributed by atoms with Crippen molar-refractivity contribution < 1.29 is 4.42 Å². The van der Waals surface area contributed by atoms with Crippen LogP contribution in [0.5, 0.6) is 0 Å². The van der Waals surface area contributed by atoms with Crippen molar-refractivity contribution in [3.8, 4) is 34.1 Å². The maximum absolute atomic E-state index is 12.5. The van der Waals surface area contributed by atoms with Crippen molar-refractivity contribution in [1.29, 1.82) is 0 Å². The maximum atomic E-state index is 12.5. The molecule has 5 aromatic rings. The third kappa shape index (κ3) is 5.30. The van der Waals surface area contributed by atoms with E-state index >= 15 is 0 Å². The molecule has 0 radical (unpaired) electrons. The van der Waals surface area contributed by atoms with Crippen LogP contribution in [0.15, 0.2) is 76.6 Å². The number of rotatable bonds is 8. The summed E-state index contributed by atoms with van der Waals surface area (Å²) < 4.78 is 8.94. The number of aromatic nitrogens is 7. The van der Waals surface area contributed by atoms with Crippen LogP contribution in [0.1, 0.15) is 24.2 Å². The second-order valence-electron chi connectivity index (χ2n) is 9.53. The molecule has 1 aliphatic heterocycles. The first-order valence-electron chi connectivity index (χ1n) is 12.8. The minimum absolute atomic E-state index is 0.205. The van der Waals surface area contributed by atoms with Crippen molar-refractivity contribution >= 4 is 0 Å². The van der Waals surface area contributed by atoms with Gasteiger partial charge in [-0.1, -0.05) is 18.2 Å². The Morgan fingerprint density at radius 2 is 1.74 bits per heavy atom. The van der Waals surface area contributed by atoms with Gasteiger partial charge in [-0.05, 0) is 50.6 Å². The van der Waals surface area contributed by atoms with E-state index in [9.17, 15) is 4.79 Å². The molecule has 1 aromatic carbocycles. The van der Waals surface area contributed by atoms with Gasteiger partial charge in [0.05, 0.1) is 25.5 Å². The van der Waals surface area contributed by atoms with Crippen molar-refractivity contribution in [2.24, 2.45) is 0 Å². The van der Waals surface area contributed by atoms with Crippen LogP contribution >= 0.6 is 0 Å². The van der Waals surface area contributed by atoms with Gasteiger partial charge in [-0.3, -0.25) is 9.48 Å². The number of hydrogen-bond donors (Lipinski definition) is 0. The summed E-state index contributed by atoms with van der Waals surface area (Å²) in [5.41, 5.74) is 3.99. The molecule has 0 bridgehead atoms. The van der Waals surface area contributed by atoms with Crippen molar-refractivity contribution in [3.63, 3.8) is 0 Å². The van der Waals surface area contributed by atoms with Crippen LogP contribution < -0.4 is 5.56 Å². The second-order valence-corrected chi connectivity index (χ2v) is 9.53. The Balaban J connectivity index is 1.16. The SMILES string of the molecule is Cc1cnc(-c2ccc(=O)n(Cc3cccc(-c4ncc(-c5cnn(CCN6CCCC6)c5)cn4)c3)n2)o1. The summed E-state index contributed by atoms with van der Waals surface area (Å²) in [6.07, 6.45) is 11.8. The summed E-state index contributed by atoms with van der Waals surface area (Å²) in [4.78, 5) is 28.4. The van der Waals surface area contributed by atoms with Gasteiger partial charge in [0.15, 0.2) is 5.82 Å². The normalized spacial score (nSPS) is 13.8. The molecule has 1 fully saturated rings. The molecule has 0 atom stereocenters. The van der Waals surface area contributed by atoms with Crippen LogP contribution in [0.4, 0.5) is 0 Å². The lowest BCUT2D eigenvalue weighted by Crippen LogP contribution is -2.24. The molecule has 6 rings (SSSR count). The predicted octanol–water partition coefficient (Wildman–Crippen LogP) is 3.67. The predicted molar refractivity (Wildman–Crippen MR) is 142 cm³/mol. The number of oxazole rings is 1. The van der Waals surface area contributed by atoms with Crippen LogP contribution in [-0.4, -0.2) is 59.0 Å². The lowest BCUT2D eigenvalue weighted by Gasteiger charge is -2.13. The van der Waals surface area contributed by atoms with Crippen LogP contribution in [-0.2, 0) is 13.1 Å². The van der Waals surface area contributed by atoms with Crippen LogP contribution in [0.25, 0.3) is 34.1 Å². The molecule has 4 aromatic heterocycles. The summed E-state index contributed by atoms with van der Waals surface area (Å²) in [6, 6.07) is 10.9. The molecule has 0 unspecified atom stereocenters. The largest absolute Gasteiger partial charge is 0.440 e. The number of aryl methyl sites for hydroxylation is 1. The van der Waals surface area contributed by atoms with E-state index in [0.29, 0.717) is 29.7 Å². The number of benzene rings is 1. The fourth-order valence-electron chi connectivity index (χ4n) is 4.64. The van der Waals surface area contributed by atoms with Gasteiger partial charge in [-0.25, -0.2) is 19.6 Å². The smallest absolute Gasteiger partial charge is 0.267 e.